The van der Waals surface area contributed by atoms with Crippen LogP contribution in [0.2, 0.25) is 0 Å². The van der Waals surface area contributed by atoms with E-state index in [-0.39, 0.29) is 0 Å². The van der Waals surface area contributed by atoms with E-state index in [1.165, 1.54) is 0 Å². The van der Waals surface area contributed by atoms with E-state index >= 15 is 0 Å². The first-order valence-electron chi connectivity index (χ1n) is 6.34. The number of β-amino-alcohol motifs (C(OH)–C–C–N with tert-alkyl or cyclic N) is 1. The number of rotatable bonds is 3. The van der Waals surface area contributed by atoms with E-state index in [1.807, 2.05) is 6.92 Å². The van der Waals surface area contributed by atoms with Crippen LogP contribution in [0.15, 0.2) is 4.99 Å². The average Bonchev–Trinajstić information content (AvgIpc) is 2.64. The Morgan fingerprint density at radius 1 is 1.44 bits per heavy atom. The molecule has 0 saturated carbocycles. The van der Waals surface area contributed by atoms with Crippen LogP contribution in [0.3, 0.4) is 0 Å². The van der Waals surface area contributed by atoms with Gasteiger partial charge >= 0.3 is 0 Å². The molecular formula is C12H23N3O. The van der Waals surface area contributed by atoms with Gasteiger partial charge in [-0.1, -0.05) is 6.92 Å². The molecular weight excluding hydrogens is 202 g/mol. The summed E-state index contributed by atoms with van der Waals surface area (Å²) in [5.74, 6) is 1.09. The molecule has 1 atom stereocenters. The maximum absolute atomic E-state index is 10.6. The lowest BCUT2D eigenvalue weighted by Gasteiger charge is -2.41. The lowest BCUT2D eigenvalue weighted by molar-refractivity contribution is -0.0406. The third-order valence-electron chi connectivity index (χ3n) is 3.73. The smallest absolute Gasteiger partial charge is 0.0959 e. The number of hydrogen-bond donors (Lipinski definition) is 1. The first-order valence-corrected chi connectivity index (χ1v) is 6.34. The summed E-state index contributed by atoms with van der Waals surface area (Å²) < 4.78 is 0. The second kappa shape index (κ2) is 4.72. The van der Waals surface area contributed by atoms with Gasteiger partial charge in [0.05, 0.1) is 18.0 Å². The molecule has 4 heteroatoms. The Morgan fingerprint density at radius 3 is 2.88 bits per heavy atom. The van der Waals surface area contributed by atoms with E-state index in [0.29, 0.717) is 0 Å². The highest BCUT2D eigenvalue weighted by Crippen LogP contribution is 2.23. The van der Waals surface area contributed by atoms with Gasteiger partial charge in [-0.15, -0.1) is 0 Å². The maximum Gasteiger partial charge on any atom is 0.0959 e. The summed E-state index contributed by atoms with van der Waals surface area (Å²) in [6.07, 6.45) is 2.03. The summed E-state index contributed by atoms with van der Waals surface area (Å²) >= 11 is 0. The molecule has 0 aromatic heterocycles. The van der Waals surface area contributed by atoms with E-state index < -0.39 is 5.60 Å². The third kappa shape index (κ3) is 2.55. The number of aliphatic hydroxyl groups is 1. The number of nitrogens with zero attached hydrogens (tertiary/aromatic N) is 3. The zero-order valence-corrected chi connectivity index (χ0v) is 10.4. The highest BCUT2D eigenvalue weighted by Gasteiger charge is 2.35. The molecule has 4 nitrogen and oxygen atoms in total. The summed E-state index contributed by atoms with van der Waals surface area (Å²) in [7, 11) is 0. The minimum absolute atomic E-state index is 0.532. The number of likely N-dealkylation sites (N-methyl/N-ethyl adjacent to an activating group) is 1. The van der Waals surface area contributed by atoms with Crippen LogP contribution in [-0.4, -0.2) is 65.6 Å². The molecule has 0 aromatic carbocycles. The molecule has 0 aliphatic carbocycles. The molecule has 16 heavy (non-hydrogen) atoms. The molecule has 1 saturated heterocycles. The molecule has 1 unspecified atom stereocenters. The van der Waals surface area contributed by atoms with Crippen LogP contribution in [0.5, 0.6) is 0 Å². The van der Waals surface area contributed by atoms with E-state index in [1.54, 1.807) is 0 Å². The number of hydrogen-bond acceptors (Lipinski definition) is 4. The SMILES string of the molecule is CCN1CCCC(O)(CN2CCN=C2C)C1. The van der Waals surface area contributed by atoms with Crippen molar-refractivity contribution in [1.29, 1.82) is 0 Å². The Labute approximate surface area is 98.0 Å². The third-order valence-corrected chi connectivity index (χ3v) is 3.73. The largest absolute Gasteiger partial charge is 0.387 e. The average molecular weight is 225 g/mol. The van der Waals surface area contributed by atoms with Crippen molar-refractivity contribution in [2.24, 2.45) is 4.99 Å². The van der Waals surface area contributed by atoms with Crippen molar-refractivity contribution >= 4 is 5.84 Å². The fourth-order valence-corrected chi connectivity index (χ4v) is 2.75. The molecule has 0 amide bonds. The number of aliphatic imine (C=N–C) groups is 1. The Bertz CT molecular complexity index is 279. The van der Waals surface area contributed by atoms with Crippen LogP contribution in [-0.2, 0) is 0 Å². The first-order chi connectivity index (χ1) is 7.63. The van der Waals surface area contributed by atoms with Crippen molar-refractivity contribution in [2.45, 2.75) is 32.3 Å². The van der Waals surface area contributed by atoms with Crippen molar-refractivity contribution in [3.05, 3.63) is 0 Å². The number of piperidine rings is 1. The monoisotopic (exact) mass is 225 g/mol. The van der Waals surface area contributed by atoms with Gasteiger partial charge in [0.1, 0.15) is 0 Å². The van der Waals surface area contributed by atoms with Gasteiger partial charge in [0.2, 0.25) is 0 Å². The van der Waals surface area contributed by atoms with Crippen molar-refractivity contribution in [3.8, 4) is 0 Å². The van der Waals surface area contributed by atoms with Crippen molar-refractivity contribution in [1.82, 2.24) is 9.80 Å². The molecule has 0 spiro atoms. The molecule has 1 fully saturated rings. The van der Waals surface area contributed by atoms with Gasteiger partial charge in [0.15, 0.2) is 0 Å². The van der Waals surface area contributed by atoms with Gasteiger partial charge in [0, 0.05) is 19.6 Å². The molecule has 2 heterocycles. The van der Waals surface area contributed by atoms with Crippen molar-refractivity contribution in [2.75, 3.05) is 39.3 Å². The summed E-state index contributed by atoms with van der Waals surface area (Å²) in [6, 6.07) is 0. The Hall–Kier alpha value is -0.610. The number of amidine groups is 1. The lowest BCUT2D eigenvalue weighted by Crippen LogP contribution is -2.54. The molecule has 92 valence electrons. The Kier molecular flexibility index (Phi) is 3.50. The first kappa shape index (κ1) is 11.9. The minimum atomic E-state index is -0.532. The van der Waals surface area contributed by atoms with Crippen LogP contribution in [0, 0.1) is 0 Å². The molecule has 0 bridgehead atoms. The van der Waals surface area contributed by atoms with Crippen molar-refractivity contribution in [3.63, 3.8) is 0 Å². The zero-order chi connectivity index (χ0) is 11.6. The predicted octanol–water partition coefficient (Wildman–Crippen LogP) is 0.567. The van der Waals surface area contributed by atoms with Gasteiger partial charge in [-0.3, -0.25) is 4.99 Å². The fourth-order valence-electron chi connectivity index (χ4n) is 2.75. The van der Waals surface area contributed by atoms with Crippen LogP contribution in [0.25, 0.3) is 0 Å². The van der Waals surface area contributed by atoms with Gasteiger partial charge in [-0.05, 0) is 32.9 Å². The highest BCUT2D eigenvalue weighted by molar-refractivity contribution is 5.81. The summed E-state index contributed by atoms with van der Waals surface area (Å²) in [5.41, 5.74) is -0.532. The molecule has 2 aliphatic rings. The van der Waals surface area contributed by atoms with Gasteiger partial charge in [0.25, 0.3) is 0 Å². The van der Waals surface area contributed by atoms with Crippen LogP contribution in [0.4, 0.5) is 0 Å². The topological polar surface area (TPSA) is 39.1 Å². The van der Waals surface area contributed by atoms with Crippen LogP contribution >= 0.6 is 0 Å². The molecule has 1 N–H and O–H groups in total. The van der Waals surface area contributed by atoms with Crippen molar-refractivity contribution < 1.29 is 5.11 Å². The molecule has 2 aliphatic heterocycles. The van der Waals surface area contributed by atoms with Crippen LogP contribution < -0.4 is 0 Å². The summed E-state index contributed by atoms with van der Waals surface area (Å²) in [5, 5.41) is 10.6. The summed E-state index contributed by atoms with van der Waals surface area (Å²) in [4.78, 5) is 8.93. The van der Waals surface area contributed by atoms with Gasteiger partial charge < -0.3 is 14.9 Å². The van der Waals surface area contributed by atoms with E-state index in [0.717, 1.165) is 57.9 Å². The van der Waals surface area contributed by atoms with Gasteiger partial charge in [-0.25, -0.2) is 0 Å². The van der Waals surface area contributed by atoms with Gasteiger partial charge in [-0.2, -0.15) is 0 Å². The van der Waals surface area contributed by atoms with E-state index in [4.69, 9.17) is 0 Å². The fraction of sp³-hybridized carbons (Fsp3) is 0.917. The molecule has 0 aromatic rings. The second-order valence-corrected chi connectivity index (χ2v) is 5.05. The van der Waals surface area contributed by atoms with Crippen LogP contribution in [0.1, 0.15) is 26.7 Å². The molecule has 2 rings (SSSR count). The van der Waals surface area contributed by atoms with E-state index in [2.05, 4.69) is 21.7 Å². The van der Waals surface area contributed by atoms with E-state index in [9.17, 15) is 5.11 Å². The number of likely N-dealkylation sites (tertiary alicyclic amines) is 1. The predicted molar refractivity (Wildman–Crippen MR) is 65.8 cm³/mol. The second-order valence-electron chi connectivity index (χ2n) is 5.05. The summed E-state index contributed by atoms with van der Waals surface area (Å²) in [6.45, 7) is 9.79. The maximum atomic E-state index is 10.6. The quantitative estimate of drug-likeness (QED) is 0.763. The Morgan fingerprint density at radius 2 is 2.25 bits per heavy atom. The standard InChI is InChI=1S/C12H23N3O/c1-3-14-7-4-5-12(16,9-14)10-15-8-6-13-11(15)2/h16H,3-10H2,1-2H3. The molecule has 0 radical (unpaired) electrons. The normalized spacial score (nSPS) is 31.9. The lowest BCUT2D eigenvalue weighted by atomic mass is 9.92. The highest BCUT2D eigenvalue weighted by atomic mass is 16.3. The zero-order valence-electron chi connectivity index (χ0n) is 10.4. The Balaban J connectivity index is 1.94. The minimum Gasteiger partial charge on any atom is -0.387 e.